The molecule has 1 aromatic heterocycles. The molecule has 114 valence electrons. The fraction of sp³-hybridized carbons (Fsp3) is 0.312. The van der Waals surface area contributed by atoms with Gasteiger partial charge in [-0.1, -0.05) is 49.3 Å². The number of nitrogens with zero attached hydrogens (tertiary/aromatic N) is 3. The Bertz CT molecular complexity index is 695. The second kappa shape index (κ2) is 7.48. The number of nitriles is 1. The van der Waals surface area contributed by atoms with Crippen molar-refractivity contribution in [2.45, 2.75) is 37.1 Å². The summed E-state index contributed by atoms with van der Waals surface area (Å²) in [6.45, 7) is 4.22. The Morgan fingerprint density at radius 2 is 2.00 bits per heavy atom. The minimum Gasteiger partial charge on any atom is -0.382 e. The van der Waals surface area contributed by atoms with Crippen molar-refractivity contribution in [2.24, 2.45) is 0 Å². The van der Waals surface area contributed by atoms with Gasteiger partial charge in [0.1, 0.15) is 17.5 Å². The molecular weight excluding hydrogens is 316 g/mol. The van der Waals surface area contributed by atoms with Crippen LogP contribution in [0.3, 0.4) is 0 Å². The molecule has 1 atom stereocenters. The van der Waals surface area contributed by atoms with E-state index in [0.29, 0.717) is 33.1 Å². The molecule has 1 heterocycles. The molecular formula is C16H17ClN4S. The number of hydrogen-bond acceptors (Lipinski definition) is 5. The summed E-state index contributed by atoms with van der Waals surface area (Å²) >= 11 is 7.47. The van der Waals surface area contributed by atoms with Crippen LogP contribution < -0.4 is 5.73 Å². The number of halogens is 1. The van der Waals surface area contributed by atoms with Gasteiger partial charge in [0.05, 0.1) is 5.69 Å². The normalized spacial score (nSPS) is 11.9. The smallest absolute Gasteiger partial charge is 0.190 e. The van der Waals surface area contributed by atoms with Gasteiger partial charge in [0.15, 0.2) is 5.16 Å². The zero-order chi connectivity index (χ0) is 16.1. The summed E-state index contributed by atoms with van der Waals surface area (Å²) in [5, 5.41) is 11.0. The summed E-state index contributed by atoms with van der Waals surface area (Å²) < 4.78 is 0. The molecule has 4 nitrogen and oxygen atoms in total. The molecule has 2 aromatic rings. The molecule has 6 heteroatoms. The van der Waals surface area contributed by atoms with Gasteiger partial charge in [-0.25, -0.2) is 9.97 Å². The van der Waals surface area contributed by atoms with Crippen LogP contribution in [0, 0.1) is 11.3 Å². The molecule has 0 aliphatic rings. The highest BCUT2D eigenvalue weighted by Crippen LogP contribution is 2.26. The molecule has 0 radical (unpaired) electrons. The Hall–Kier alpha value is -1.77. The predicted octanol–water partition coefficient (Wildman–Crippen LogP) is 4.07. The van der Waals surface area contributed by atoms with Crippen molar-refractivity contribution in [1.29, 1.82) is 5.26 Å². The Morgan fingerprint density at radius 1 is 1.32 bits per heavy atom. The van der Waals surface area contributed by atoms with Crippen LogP contribution in [0.5, 0.6) is 0 Å². The van der Waals surface area contributed by atoms with Gasteiger partial charge in [0.2, 0.25) is 0 Å². The van der Waals surface area contributed by atoms with Crippen molar-refractivity contribution < 1.29 is 0 Å². The molecule has 0 aliphatic carbocycles. The van der Waals surface area contributed by atoms with E-state index in [1.165, 1.54) is 0 Å². The highest BCUT2D eigenvalue weighted by Gasteiger charge is 2.14. The lowest BCUT2D eigenvalue weighted by atomic mass is 10.1. The van der Waals surface area contributed by atoms with Crippen molar-refractivity contribution in [1.82, 2.24) is 9.97 Å². The highest BCUT2D eigenvalue weighted by atomic mass is 35.5. The molecule has 0 fully saturated rings. The lowest BCUT2D eigenvalue weighted by Gasteiger charge is -2.11. The minimum atomic E-state index is 0.243. The molecule has 0 bridgehead atoms. The first kappa shape index (κ1) is 16.6. The molecule has 0 unspecified atom stereocenters. The summed E-state index contributed by atoms with van der Waals surface area (Å²) in [6, 6.07) is 9.59. The second-order valence-corrected chi connectivity index (χ2v) is 6.81. The van der Waals surface area contributed by atoms with Crippen molar-refractivity contribution in [2.75, 3.05) is 5.73 Å². The van der Waals surface area contributed by atoms with E-state index in [4.69, 9.17) is 17.3 Å². The summed E-state index contributed by atoms with van der Waals surface area (Å²) in [5.74, 6) is 0.243. The van der Waals surface area contributed by atoms with Crippen LogP contribution in [0.1, 0.15) is 37.1 Å². The SMILES string of the molecule is CC[C@H](C)Sc1nc(N)c(C#N)c(Cc2ccc(Cl)cc2)n1. The average molecular weight is 333 g/mol. The number of rotatable bonds is 5. The fourth-order valence-electron chi connectivity index (χ4n) is 1.86. The minimum absolute atomic E-state index is 0.243. The number of thioether (sulfide) groups is 1. The van der Waals surface area contributed by atoms with Gasteiger partial charge in [-0.15, -0.1) is 0 Å². The summed E-state index contributed by atoms with van der Waals surface area (Å²) in [4.78, 5) is 8.76. The van der Waals surface area contributed by atoms with E-state index < -0.39 is 0 Å². The van der Waals surface area contributed by atoms with Crippen molar-refractivity contribution in [3.05, 3.63) is 46.1 Å². The average Bonchev–Trinajstić information content (AvgIpc) is 2.49. The van der Waals surface area contributed by atoms with E-state index >= 15 is 0 Å². The number of nitrogens with two attached hydrogens (primary N) is 1. The standard InChI is InChI=1S/C16H17ClN4S/c1-3-10(2)22-16-20-14(13(9-18)15(19)21-16)8-11-4-6-12(17)7-5-11/h4-7,10H,3,8H2,1-2H3,(H2,19,20,21)/t10-/m0/s1. The molecule has 2 N–H and O–H groups in total. The fourth-order valence-corrected chi connectivity index (χ4v) is 2.83. The van der Waals surface area contributed by atoms with Crippen LogP contribution in [-0.4, -0.2) is 15.2 Å². The summed E-state index contributed by atoms with van der Waals surface area (Å²) in [6.07, 6.45) is 1.54. The van der Waals surface area contributed by atoms with Crippen LogP contribution in [0.4, 0.5) is 5.82 Å². The third-order valence-electron chi connectivity index (χ3n) is 3.27. The first-order valence-corrected chi connectivity index (χ1v) is 8.26. The number of nitrogen functional groups attached to an aromatic ring is 1. The highest BCUT2D eigenvalue weighted by molar-refractivity contribution is 7.99. The third kappa shape index (κ3) is 4.12. The van der Waals surface area contributed by atoms with E-state index in [9.17, 15) is 5.26 Å². The van der Waals surface area contributed by atoms with Crippen LogP contribution >= 0.6 is 23.4 Å². The first-order valence-electron chi connectivity index (χ1n) is 7.01. The first-order chi connectivity index (χ1) is 10.5. The maximum absolute atomic E-state index is 9.30. The largest absolute Gasteiger partial charge is 0.382 e. The quantitative estimate of drug-likeness (QED) is 0.660. The maximum atomic E-state index is 9.30. The van der Waals surface area contributed by atoms with Crippen molar-refractivity contribution >= 4 is 29.2 Å². The van der Waals surface area contributed by atoms with E-state index in [0.717, 1.165) is 12.0 Å². The molecule has 0 amide bonds. The summed E-state index contributed by atoms with van der Waals surface area (Å²) in [5.41, 5.74) is 7.95. The number of anilines is 1. The summed E-state index contributed by atoms with van der Waals surface area (Å²) in [7, 11) is 0. The van der Waals surface area contributed by atoms with Gasteiger partial charge in [-0.3, -0.25) is 0 Å². The van der Waals surface area contributed by atoms with Crippen LogP contribution in [0.2, 0.25) is 5.02 Å². The van der Waals surface area contributed by atoms with E-state index in [2.05, 4.69) is 29.9 Å². The number of aromatic nitrogens is 2. The zero-order valence-corrected chi connectivity index (χ0v) is 14.1. The lowest BCUT2D eigenvalue weighted by molar-refractivity contribution is 0.867. The zero-order valence-electron chi connectivity index (χ0n) is 12.5. The lowest BCUT2D eigenvalue weighted by Crippen LogP contribution is -2.07. The molecule has 0 saturated heterocycles. The Kier molecular flexibility index (Phi) is 5.64. The van der Waals surface area contributed by atoms with Gasteiger partial charge in [0, 0.05) is 16.7 Å². The Balaban J connectivity index is 2.35. The number of hydrogen-bond donors (Lipinski definition) is 1. The molecule has 0 spiro atoms. The maximum Gasteiger partial charge on any atom is 0.190 e. The Labute approximate surface area is 139 Å². The van der Waals surface area contributed by atoms with E-state index in [1.807, 2.05) is 24.3 Å². The predicted molar refractivity (Wildman–Crippen MR) is 91.0 cm³/mol. The molecule has 0 saturated carbocycles. The van der Waals surface area contributed by atoms with Gasteiger partial charge in [-0.05, 0) is 24.1 Å². The van der Waals surface area contributed by atoms with Crippen molar-refractivity contribution in [3.63, 3.8) is 0 Å². The van der Waals surface area contributed by atoms with Gasteiger partial charge in [-0.2, -0.15) is 5.26 Å². The molecule has 0 aliphatic heterocycles. The van der Waals surface area contributed by atoms with Crippen molar-refractivity contribution in [3.8, 4) is 6.07 Å². The van der Waals surface area contributed by atoms with Gasteiger partial charge in [0.25, 0.3) is 0 Å². The van der Waals surface area contributed by atoms with E-state index in [1.54, 1.807) is 11.8 Å². The van der Waals surface area contributed by atoms with Gasteiger partial charge < -0.3 is 5.73 Å². The van der Waals surface area contributed by atoms with Crippen LogP contribution in [0.15, 0.2) is 29.4 Å². The second-order valence-electron chi connectivity index (χ2n) is 4.96. The van der Waals surface area contributed by atoms with Crippen LogP contribution in [0.25, 0.3) is 0 Å². The monoisotopic (exact) mass is 332 g/mol. The van der Waals surface area contributed by atoms with E-state index in [-0.39, 0.29) is 5.82 Å². The molecule has 22 heavy (non-hydrogen) atoms. The molecule has 2 rings (SSSR count). The van der Waals surface area contributed by atoms with Gasteiger partial charge >= 0.3 is 0 Å². The third-order valence-corrected chi connectivity index (χ3v) is 4.65. The Morgan fingerprint density at radius 3 is 2.59 bits per heavy atom. The number of benzene rings is 1. The topological polar surface area (TPSA) is 75.6 Å². The van der Waals surface area contributed by atoms with Crippen LogP contribution in [-0.2, 0) is 6.42 Å². The molecule has 1 aromatic carbocycles.